The number of amides is 1. The molecule has 1 aromatic carbocycles. The van der Waals surface area contributed by atoms with Crippen LogP contribution in [0.4, 0.5) is 0 Å². The molecule has 0 aliphatic carbocycles. The number of aryl methyl sites for hydroxylation is 1. The number of hydrogen-bond donors (Lipinski definition) is 1. The second kappa shape index (κ2) is 5.36. The fourth-order valence-electron chi connectivity index (χ4n) is 2.37. The molecule has 1 N–H and O–H groups in total. The van der Waals surface area contributed by atoms with Crippen molar-refractivity contribution in [2.45, 2.75) is 25.8 Å². The van der Waals surface area contributed by atoms with Crippen LogP contribution in [0.3, 0.4) is 0 Å². The topological polar surface area (TPSA) is 64.4 Å². The molecule has 5 nitrogen and oxygen atoms in total. The molecule has 1 aliphatic heterocycles. The molecule has 0 radical (unpaired) electrons. The second-order valence-electron chi connectivity index (χ2n) is 4.89. The predicted octanol–water partition coefficient (Wildman–Crippen LogP) is 2.63. The number of nitrogens with zero attached hydrogens (tertiary/aromatic N) is 1. The monoisotopic (exact) mass is 272 g/mol. The van der Waals surface area contributed by atoms with Crippen molar-refractivity contribution in [1.29, 1.82) is 0 Å². The Kier molecular flexibility index (Phi) is 3.41. The van der Waals surface area contributed by atoms with Gasteiger partial charge in [0.15, 0.2) is 0 Å². The number of carbonyl (C=O) groups is 1. The van der Waals surface area contributed by atoms with Crippen molar-refractivity contribution in [2.75, 3.05) is 6.61 Å². The number of para-hydroxylation sites is 1. The lowest BCUT2D eigenvalue weighted by Gasteiger charge is -2.17. The van der Waals surface area contributed by atoms with Crippen LogP contribution in [0, 0.1) is 6.92 Å². The Morgan fingerprint density at radius 3 is 3.05 bits per heavy atom. The van der Waals surface area contributed by atoms with E-state index in [1.807, 2.05) is 24.3 Å². The van der Waals surface area contributed by atoms with Crippen LogP contribution in [0.15, 0.2) is 34.9 Å². The molecule has 2 aromatic rings. The number of benzene rings is 1. The molecule has 0 spiro atoms. The van der Waals surface area contributed by atoms with Crippen LogP contribution in [0.2, 0.25) is 0 Å². The van der Waals surface area contributed by atoms with Crippen molar-refractivity contribution in [2.24, 2.45) is 0 Å². The van der Waals surface area contributed by atoms with Crippen molar-refractivity contribution in [3.8, 4) is 5.75 Å². The van der Waals surface area contributed by atoms with Crippen molar-refractivity contribution in [3.63, 3.8) is 0 Å². The quantitative estimate of drug-likeness (QED) is 0.912. The molecule has 0 bridgehead atoms. The molecule has 1 unspecified atom stereocenters. The van der Waals surface area contributed by atoms with Gasteiger partial charge in [-0.15, -0.1) is 0 Å². The second-order valence-corrected chi connectivity index (χ2v) is 4.89. The summed E-state index contributed by atoms with van der Waals surface area (Å²) in [7, 11) is 0. The molecule has 1 aliphatic rings. The zero-order valence-corrected chi connectivity index (χ0v) is 11.3. The largest absolute Gasteiger partial charge is 0.493 e. The number of fused-ring (bicyclic) bond motifs is 1. The fraction of sp³-hybridized carbons (Fsp3) is 0.333. The fourth-order valence-corrected chi connectivity index (χ4v) is 2.37. The summed E-state index contributed by atoms with van der Waals surface area (Å²) in [5.74, 6) is 0.835. The van der Waals surface area contributed by atoms with Gasteiger partial charge in [0.05, 0.1) is 18.3 Å². The molecule has 3 rings (SSSR count). The number of aromatic nitrogens is 1. The van der Waals surface area contributed by atoms with E-state index >= 15 is 0 Å². The Morgan fingerprint density at radius 2 is 2.25 bits per heavy atom. The highest BCUT2D eigenvalue weighted by Gasteiger charge is 2.23. The lowest BCUT2D eigenvalue weighted by atomic mass is 10.0. The molecule has 20 heavy (non-hydrogen) atoms. The van der Waals surface area contributed by atoms with Crippen LogP contribution in [0.25, 0.3) is 0 Å². The number of ether oxygens (including phenoxy) is 1. The summed E-state index contributed by atoms with van der Waals surface area (Å²) in [5.41, 5.74) is 1.70. The van der Waals surface area contributed by atoms with E-state index in [4.69, 9.17) is 9.26 Å². The van der Waals surface area contributed by atoms with E-state index in [0.717, 1.165) is 24.2 Å². The van der Waals surface area contributed by atoms with E-state index in [-0.39, 0.29) is 17.7 Å². The van der Waals surface area contributed by atoms with Gasteiger partial charge in [-0.1, -0.05) is 23.4 Å². The number of carbonyl (C=O) groups excluding carboxylic acids is 1. The summed E-state index contributed by atoms with van der Waals surface area (Å²) >= 11 is 0. The van der Waals surface area contributed by atoms with E-state index in [2.05, 4.69) is 10.5 Å². The zero-order valence-electron chi connectivity index (χ0n) is 11.3. The third kappa shape index (κ3) is 2.52. The summed E-state index contributed by atoms with van der Waals surface area (Å²) < 4.78 is 10.7. The third-order valence-electron chi connectivity index (χ3n) is 3.35. The lowest BCUT2D eigenvalue weighted by Crippen LogP contribution is -2.28. The van der Waals surface area contributed by atoms with Gasteiger partial charge in [-0.2, -0.15) is 0 Å². The van der Waals surface area contributed by atoms with Gasteiger partial charge in [0.1, 0.15) is 5.75 Å². The predicted molar refractivity (Wildman–Crippen MR) is 72.6 cm³/mol. The first-order valence-electron chi connectivity index (χ1n) is 6.70. The third-order valence-corrected chi connectivity index (χ3v) is 3.35. The van der Waals surface area contributed by atoms with Crippen molar-refractivity contribution in [1.82, 2.24) is 10.5 Å². The highest BCUT2D eigenvalue weighted by molar-refractivity contribution is 5.91. The smallest absolute Gasteiger partial charge is 0.290 e. The highest BCUT2D eigenvalue weighted by atomic mass is 16.5. The van der Waals surface area contributed by atoms with Crippen molar-refractivity contribution >= 4 is 5.91 Å². The molecule has 0 fully saturated rings. The summed E-state index contributed by atoms with van der Waals surface area (Å²) in [6.07, 6.45) is 1.74. The maximum atomic E-state index is 12.2. The van der Waals surface area contributed by atoms with Gasteiger partial charge in [-0.25, -0.2) is 0 Å². The van der Waals surface area contributed by atoms with Gasteiger partial charge in [0.2, 0.25) is 5.76 Å². The molecular weight excluding hydrogens is 256 g/mol. The molecule has 1 atom stereocenters. The molecule has 2 heterocycles. The normalized spacial score (nSPS) is 17.8. The van der Waals surface area contributed by atoms with E-state index in [9.17, 15) is 4.79 Å². The minimum Gasteiger partial charge on any atom is -0.493 e. The maximum absolute atomic E-state index is 12.2. The molecular formula is C15H16N2O3. The van der Waals surface area contributed by atoms with Gasteiger partial charge in [0, 0.05) is 11.6 Å². The van der Waals surface area contributed by atoms with Crippen LogP contribution >= 0.6 is 0 Å². The molecule has 1 aromatic heterocycles. The van der Waals surface area contributed by atoms with Crippen LogP contribution in [0.5, 0.6) is 5.75 Å². The first-order chi connectivity index (χ1) is 9.74. The molecule has 0 saturated heterocycles. The average Bonchev–Trinajstić information content (AvgIpc) is 2.79. The van der Waals surface area contributed by atoms with Gasteiger partial charge in [-0.05, 0) is 25.8 Å². The molecule has 5 heteroatoms. The average molecular weight is 272 g/mol. The van der Waals surface area contributed by atoms with Crippen LogP contribution < -0.4 is 10.1 Å². The number of nitrogens with one attached hydrogen (secondary N) is 1. The van der Waals surface area contributed by atoms with E-state index < -0.39 is 0 Å². The Bertz CT molecular complexity index is 621. The van der Waals surface area contributed by atoms with E-state index in [0.29, 0.717) is 12.3 Å². The summed E-state index contributed by atoms with van der Waals surface area (Å²) in [6.45, 7) is 2.46. The van der Waals surface area contributed by atoms with Gasteiger partial charge in [-0.3, -0.25) is 4.79 Å². The first kappa shape index (κ1) is 12.7. The molecule has 104 valence electrons. The van der Waals surface area contributed by atoms with Crippen LogP contribution in [-0.2, 0) is 0 Å². The number of hydrogen-bond acceptors (Lipinski definition) is 4. The van der Waals surface area contributed by atoms with Gasteiger partial charge < -0.3 is 14.6 Å². The van der Waals surface area contributed by atoms with Crippen molar-refractivity contribution < 1.29 is 14.1 Å². The summed E-state index contributed by atoms with van der Waals surface area (Å²) in [6, 6.07) is 9.37. The Hall–Kier alpha value is -2.30. The number of rotatable bonds is 2. The summed E-state index contributed by atoms with van der Waals surface area (Å²) in [4.78, 5) is 12.2. The Balaban J connectivity index is 1.82. The van der Waals surface area contributed by atoms with Gasteiger partial charge in [0.25, 0.3) is 5.91 Å². The SMILES string of the molecule is Cc1cc(C(=O)NC2CCCOc3ccccc32)on1. The van der Waals surface area contributed by atoms with E-state index in [1.54, 1.807) is 13.0 Å². The maximum Gasteiger partial charge on any atom is 0.290 e. The minimum atomic E-state index is -0.243. The molecule has 0 saturated carbocycles. The lowest BCUT2D eigenvalue weighted by molar-refractivity contribution is 0.0897. The first-order valence-corrected chi connectivity index (χ1v) is 6.70. The highest BCUT2D eigenvalue weighted by Crippen LogP contribution is 2.31. The van der Waals surface area contributed by atoms with Crippen LogP contribution in [-0.4, -0.2) is 17.7 Å². The molecule has 1 amide bonds. The van der Waals surface area contributed by atoms with E-state index in [1.165, 1.54) is 0 Å². The zero-order chi connectivity index (χ0) is 13.9. The summed E-state index contributed by atoms with van der Waals surface area (Å²) in [5, 5.41) is 6.73. The standard InChI is InChI=1S/C15H16N2O3/c1-10-9-14(20-17-10)15(18)16-12-6-4-8-19-13-7-3-2-5-11(12)13/h2-3,5,7,9,12H,4,6,8H2,1H3,(H,16,18). The Labute approximate surface area is 116 Å². The van der Waals surface area contributed by atoms with Crippen LogP contribution in [0.1, 0.15) is 40.7 Å². The Morgan fingerprint density at radius 1 is 1.40 bits per heavy atom. The van der Waals surface area contributed by atoms with Crippen molar-refractivity contribution in [3.05, 3.63) is 47.3 Å². The minimum absolute atomic E-state index is 0.0633. The van der Waals surface area contributed by atoms with Gasteiger partial charge >= 0.3 is 0 Å².